The Balaban J connectivity index is 1.37. The van der Waals surface area contributed by atoms with Crippen molar-refractivity contribution < 1.29 is 23.5 Å². The normalized spacial score (nSPS) is 16.4. The third-order valence-corrected chi connectivity index (χ3v) is 6.87. The fraction of sp³-hybridized carbons (Fsp3) is 0.156. The van der Waals surface area contributed by atoms with Crippen LogP contribution in [-0.2, 0) is 22.6 Å². The van der Waals surface area contributed by atoms with Crippen LogP contribution >= 0.6 is 0 Å². The molecule has 5 rings (SSSR count). The summed E-state index contributed by atoms with van der Waals surface area (Å²) >= 11 is 0. The monoisotopic (exact) mass is 537 g/mol. The van der Waals surface area contributed by atoms with Crippen LogP contribution in [-0.4, -0.2) is 28.8 Å². The van der Waals surface area contributed by atoms with Gasteiger partial charge in [-0.2, -0.15) is 0 Å². The van der Waals surface area contributed by atoms with Gasteiger partial charge in [0.25, 0.3) is 5.91 Å². The lowest BCUT2D eigenvalue weighted by molar-refractivity contribution is -0.126. The highest BCUT2D eigenvalue weighted by Gasteiger charge is 2.47. The van der Waals surface area contributed by atoms with E-state index in [0.717, 1.165) is 16.7 Å². The molecule has 1 aliphatic rings. The fourth-order valence-corrected chi connectivity index (χ4v) is 4.63. The van der Waals surface area contributed by atoms with E-state index in [0.29, 0.717) is 16.8 Å². The van der Waals surface area contributed by atoms with Gasteiger partial charge in [0.2, 0.25) is 5.91 Å². The van der Waals surface area contributed by atoms with E-state index in [1.807, 2.05) is 37.3 Å². The number of hydrogen-bond acceptors (Lipinski definition) is 4. The molecule has 3 amide bonds. The topological polar surface area (TPSA) is 87.7 Å². The number of halogens is 1. The molecule has 1 saturated heterocycles. The van der Waals surface area contributed by atoms with Crippen molar-refractivity contribution >= 4 is 23.6 Å². The lowest BCUT2D eigenvalue weighted by Crippen LogP contribution is -2.46. The molecule has 0 bridgehead atoms. The molecule has 8 heteroatoms. The predicted molar refractivity (Wildman–Crippen MR) is 149 cm³/mol. The summed E-state index contributed by atoms with van der Waals surface area (Å²) in [6.45, 7) is 2.31. The van der Waals surface area contributed by atoms with E-state index < -0.39 is 24.1 Å². The zero-order valence-corrected chi connectivity index (χ0v) is 21.8. The zero-order valence-electron chi connectivity index (χ0n) is 21.8. The van der Waals surface area contributed by atoms with E-state index in [4.69, 9.17) is 4.74 Å². The van der Waals surface area contributed by atoms with Crippen molar-refractivity contribution in [3.05, 3.63) is 137 Å². The Morgan fingerprint density at radius 1 is 0.875 bits per heavy atom. The van der Waals surface area contributed by atoms with Crippen LogP contribution in [0.5, 0.6) is 0 Å². The molecule has 2 atom stereocenters. The summed E-state index contributed by atoms with van der Waals surface area (Å²) in [5.41, 5.74) is 4.32. The van der Waals surface area contributed by atoms with Crippen LogP contribution in [0.4, 0.5) is 14.9 Å². The molecule has 2 unspecified atom stereocenters. The number of hydrogen-bond donors (Lipinski definition) is 2. The maximum atomic E-state index is 13.6. The third kappa shape index (κ3) is 6.02. The van der Waals surface area contributed by atoms with Crippen molar-refractivity contribution in [2.75, 3.05) is 5.32 Å². The second-order valence-electron chi connectivity index (χ2n) is 9.59. The van der Waals surface area contributed by atoms with Crippen LogP contribution in [0.15, 0.2) is 103 Å². The quantitative estimate of drug-likeness (QED) is 0.299. The molecule has 1 aliphatic heterocycles. The summed E-state index contributed by atoms with van der Waals surface area (Å²) in [6, 6.07) is 28.3. The van der Waals surface area contributed by atoms with E-state index in [9.17, 15) is 18.8 Å². The molecular weight excluding hydrogens is 509 g/mol. The summed E-state index contributed by atoms with van der Waals surface area (Å²) in [5.74, 6) is -1.00. The zero-order chi connectivity index (χ0) is 28.1. The van der Waals surface area contributed by atoms with Crippen LogP contribution < -0.4 is 10.6 Å². The van der Waals surface area contributed by atoms with E-state index in [-0.39, 0.29) is 24.8 Å². The smallest absolute Gasteiger partial charge is 0.411 e. The van der Waals surface area contributed by atoms with Crippen LogP contribution in [0.3, 0.4) is 0 Å². The first-order valence-corrected chi connectivity index (χ1v) is 12.9. The molecule has 4 aromatic carbocycles. The molecule has 202 valence electrons. The first-order valence-electron chi connectivity index (χ1n) is 12.9. The lowest BCUT2D eigenvalue weighted by Gasteiger charge is -2.25. The van der Waals surface area contributed by atoms with E-state index in [1.54, 1.807) is 60.7 Å². The molecule has 0 saturated carbocycles. The highest BCUT2D eigenvalue weighted by atomic mass is 19.1. The number of amides is 3. The van der Waals surface area contributed by atoms with Gasteiger partial charge in [-0.3, -0.25) is 14.5 Å². The van der Waals surface area contributed by atoms with E-state index in [1.165, 1.54) is 17.0 Å². The summed E-state index contributed by atoms with van der Waals surface area (Å²) in [7, 11) is 0. The average molecular weight is 538 g/mol. The molecule has 0 spiro atoms. The minimum atomic E-state index is -0.947. The van der Waals surface area contributed by atoms with Gasteiger partial charge >= 0.3 is 6.09 Å². The van der Waals surface area contributed by atoms with Gasteiger partial charge < -0.3 is 15.4 Å². The Hall–Kier alpha value is -4.98. The molecule has 40 heavy (non-hydrogen) atoms. The predicted octanol–water partition coefficient (Wildman–Crippen LogP) is 5.76. The number of ether oxygens (including phenoxy) is 1. The lowest BCUT2D eigenvalue weighted by atomic mass is 9.99. The first kappa shape index (κ1) is 26.6. The molecule has 0 radical (unpaired) electrons. The molecule has 0 aromatic heterocycles. The molecule has 4 aromatic rings. The van der Waals surface area contributed by atoms with E-state index >= 15 is 0 Å². The SMILES string of the molecule is Cc1ccccc1CN1C(=O)OC(c2ccc(NC(=O)c3ccccc3)cc2)C1C(=O)NCc1ccc(F)cc1. The van der Waals surface area contributed by atoms with Gasteiger partial charge in [-0.25, -0.2) is 9.18 Å². The number of benzene rings is 4. The maximum Gasteiger partial charge on any atom is 0.411 e. The van der Waals surface area contributed by atoms with Gasteiger partial charge in [0.05, 0.1) is 6.54 Å². The van der Waals surface area contributed by atoms with Gasteiger partial charge in [-0.1, -0.05) is 66.7 Å². The highest BCUT2D eigenvalue weighted by molar-refractivity contribution is 6.04. The minimum Gasteiger partial charge on any atom is -0.438 e. The molecule has 1 fully saturated rings. The number of cyclic esters (lactones) is 1. The minimum absolute atomic E-state index is 0.166. The number of carbonyl (C=O) groups is 3. The van der Waals surface area contributed by atoms with Gasteiger partial charge in [-0.05, 0) is 65.6 Å². The van der Waals surface area contributed by atoms with Gasteiger partial charge in [0.1, 0.15) is 5.82 Å². The van der Waals surface area contributed by atoms with Crippen LogP contribution in [0, 0.1) is 12.7 Å². The number of nitrogens with zero attached hydrogens (tertiary/aromatic N) is 1. The number of aryl methyl sites for hydroxylation is 1. The van der Waals surface area contributed by atoms with Crippen molar-refractivity contribution in [1.82, 2.24) is 10.2 Å². The van der Waals surface area contributed by atoms with E-state index in [2.05, 4.69) is 10.6 Å². The molecule has 1 heterocycles. The largest absolute Gasteiger partial charge is 0.438 e. The third-order valence-electron chi connectivity index (χ3n) is 6.87. The summed E-state index contributed by atoms with van der Waals surface area (Å²) in [5, 5.41) is 5.72. The van der Waals surface area contributed by atoms with Gasteiger partial charge in [-0.15, -0.1) is 0 Å². The number of rotatable bonds is 8. The number of anilines is 1. The fourth-order valence-electron chi connectivity index (χ4n) is 4.63. The number of nitrogens with one attached hydrogen (secondary N) is 2. The van der Waals surface area contributed by atoms with Gasteiger partial charge in [0.15, 0.2) is 12.1 Å². The standard InChI is InChI=1S/C32H28FN3O4/c1-21-7-5-6-10-25(21)20-36-28(31(38)34-19-22-11-15-26(33)16-12-22)29(40-32(36)39)23-13-17-27(18-14-23)35-30(37)24-8-3-2-4-9-24/h2-18,28-29H,19-20H2,1H3,(H,34,38)(H,35,37). The molecule has 7 nitrogen and oxygen atoms in total. The Morgan fingerprint density at radius 2 is 1.55 bits per heavy atom. The second kappa shape index (κ2) is 11.8. The molecule has 0 aliphatic carbocycles. The summed E-state index contributed by atoms with van der Waals surface area (Å²) < 4.78 is 19.1. The summed E-state index contributed by atoms with van der Waals surface area (Å²) in [4.78, 5) is 40.6. The molecular formula is C32H28FN3O4. The van der Waals surface area contributed by atoms with Crippen molar-refractivity contribution in [2.24, 2.45) is 0 Å². The summed E-state index contributed by atoms with van der Waals surface area (Å²) in [6.07, 6.45) is -1.47. The van der Waals surface area contributed by atoms with Crippen LogP contribution in [0.1, 0.15) is 38.7 Å². The van der Waals surface area contributed by atoms with Crippen LogP contribution in [0.25, 0.3) is 0 Å². The highest BCUT2D eigenvalue weighted by Crippen LogP contribution is 2.35. The van der Waals surface area contributed by atoms with Crippen LogP contribution in [0.2, 0.25) is 0 Å². The Bertz CT molecular complexity index is 1510. The Morgan fingerprint density at radius 3 is 2.25 bits per heavy atom. The first-order chi connectivity index (χ1) is 19.4. The average Bonchev–Trinajstić information content (AvgIpc) is 3.30. The van der Waals surface area contributed by atoms with Crippen molar-refractivity contribution in [3.8, 4) is 0 Å². The second-order valence-corrected chi connectivity index (χ2v) is 9.59. The Kier molecular flexibility index (Phi) is 7.87. The molecule has 2 N–H and O–H groups in total. The van der Waals surface area contributed by atoms with Crippen molar-refractivity contribution in [1.29, 1.82) is 0 Å². The maximum absolute atomic E-state index is 13.6. The van der Waals surface area contributed by atoms with Crippen molar-refractivity contribution in [3.63, 3.8) is 0 Å². The van der Waals surface area contributed by atoms with Gasteiger partial charge in [0, 0.05) is 17.8 Å². The Labute approximate surface area is 231 Å². The number of carbonyl (C=O) groups excluding carboxylic acids is 3. The van der Waals surface area contributed by atoms with Crippen molar-refractivity contribution in [2.45, 2.75) is 32.2 Å².